The van der Waals surface area contributed by atoms with E-state index in [2.05, 4.69) is 41.3 Å². The molecule has 0 spiro atoms. The lowest BCUT2D eigenvalue weighted by Crippen LogP contribution is -2.31. The van der Waals surface area contributed by atoms with Crippen LogP contribution in [-0.2, 0) is 16.0 Å². The molecule has 38 heavy (non-hydrogen) atoms. The number of amides is 1. The fourth-order valence-electron chi connectivity index (χ4n) is 5.28. The number of rotatable bonds is 9. The molecule has 1 aliphatic rings. The highest BCUT2D eigenvalue weighted by atomic mass is 35.5. The van der Waals surface area contributed by atoms with Crippen LogP contribution < -0.4 is 10.1 Å². The zero-order chi connectivity index (χ0) is 26.5. The van der Waals surface area contributed by atoms with E-state index in [-0.39, 0.29) is 24.5 Å². The second kappa shape index (κ2) is 12.0. The van der Waals surface area contributed by atoms with Gasteiger partial charge in [0.2, 0.25) is 0 Å². The molecule has 7 heteroatoms. The normalized spacial score (nSPS) is 19.5. The van der Waals surface area contributed by atoms with Gasteiger partial charge >= 0.3 is 0 Å². The maximum Gasteiger partial charge on any atom is 0.257 e. The average molecular weight is 532 g/mol. The zero-order valence-corrected chi connectivity index (χ0v) is 22.6. The number of carbonyl (C=O) groups excluding carboxylic acids is 1. The molecular weight excluding hydrogens is 498 g/mol. The van der Waals surface area contributed by atoms with E-state index in [9.17, 15) is 4.79 Å². The Bertz CT molecular complexity index is 1350. The first-order valence-electron chi connectivity index (χ1n) is 13.3. The highest BCUT2D eigenvalue weighted by molar-refractivity contribution is 6.31. The number of fused-ring (bicyclic) bond motifs is 1. The van der Waals surface area contributed by atoms with Gasteiger partial charge in [0.25, 0.3) is 5.91 Å². The van der Waals surface area contributed by atoms with E-state index in [1.165, 1.54) is 0 Å². The molecule has 3 atom stereocenters. The summed E-state index contributed by atoms with van der Waals surface area (Å²) in [5.41, 5.74) is 4.15. The Balaban J connectivity index is 1.15. The summed E-state index contributed by atoms with van der Waals surface area (Å²) in [6.45, 7) is 5.55. The molecule has 1 fully saturated rings. The van der Waals surface area contributed by atoms with Crippen molar-refractivity contribution in [2.24, 2.45) is 11.8 Å². The molecule has 2 heterocycles. The Morgan fingerprint density at radius 3 is 2.76 bits per heavy atom. The van der Waals surface area contributed by atoms with Crippen LogP contribution >= 0.6 is 11.6 Å². The number of H-pyrrole nitrogens is 1. The SMILES string of the molecule is CC(C)[C@@H]1C[C@H](c2ccccc2Cl)CO[C@H]1c1cccc(OCC(=O)NCCc2nc3ccccc3[nH]2)c1. The molecule has 0 bridgehead atoms. The number of nitrogens with one attached hydrogen (secondary N) is 2. The van der Waals surface area contributed by atoms with Crippen LogP contribution in [0.25, 0.3) is 11.0 Å². The number of benzene rings is 3. The quantitative estimate of drug-likeness (QED) is 0.259. The van der Waals surface area contributed by atoms with Crippen LogP contribution in [0.1, 0.15) is 49.2 Å². The number of para-hydroxylation sites is 2. The summed E-state index contributed by atoms with van der Waals surface area (Å²) in [6.07, 6.45) is 1.60. The molecule has 0 unspecified atom stereocenters. The highest BCUT2D eigenvalue weighted by Crippen LogP contribution is 2.45. The molecule has 1 saturated heterocycles. The van der Waals surface area contributed by atoms with Gasteiger partial charge in [-0.2, -0.15) is 0 Å². The van der Waals surface area contributed by atoms with Crippen LogP contribution in [0.4, 0.5) is 0 Å². The lowest BCUT2D eigenvalue weighted by Gasteiger charge is -2.39. The van der Waals surface area contributed by atoms with Crippen molar-refractivity contribution >= 4 is 28.5 Å². The van der Waals surface area contributed by atoms with E-state index in [1.54, 1.807) is 0 Å². The smallest absolute Gasteiger partial charge is 0.257 e. The third-order valence-corrected chi connectivity index (χ3v) is 7.65. The molecule has 1 amide bonds. The van der Waals surface area contributed by atoms with Gasteiger partial charge in [0, 0.05) is 23.9 Å². The lowest BCUT2D eigenvalue weighted by atomic mass is 9.76. The summed E-state index contributed by atoms with van der Waals surface area (Å²) in [5.74, 6) is 2.39. The van der Waals surface area contributed by atoms with Gasteiger partial charge in [-0.3, -0.25) is 4.79 Å². The largest absolute Gasteiger partial charge is 0.484 e. The van der Waals surface area contributed by atoms with Crippen molar-refractivity contribution in [1.29, 1.82) is 0 Å². The standard InChI is InChI=1S/C31H34ClN3O3/c1-20(2)25-17-22(24-10-3-4-11-26(24)32)18-38-31(25)21-8-7-9-23(16-21)37-19-30(36)33-15-14-29-34-27-12-5-6-13-28(27)35-29/h3-13,16,20,22,25,31H,14-15,17-19H2,1-2H3,(H,33,36)(H,34,35)/t22-,25-,31-/m0/s1. The summed E-state index contributed by atoms with van der Waals surface area (Å²) in [4.78, 5) is 20.2. The number of nitrogens with zero attached hydrogens (tertiary/aromatic N) is 1. The number of hydrogen-bond donors (Lipinski definition) is 2. The number of ether oxygens (including phenoxy) is 2. The van der Waals surface area contributed by atoms with Gasteiger partial charge in [-0.1, -0.05) is 67.9 Å². The number of hydrogen-bond acceptors (Lipinski definition) is 4. The molecule has 2 N–H and O–H groups in total. The first kappa shape index (κ1) is 26.3. The molecule has 3 aromatic carbocycles. The number of aromatic nitrogens is 2. The summed E-state index contributed by atoms with van der Waals surface area (Å²) >= 11 is 6.49. The predicted molar refractivity (Wildman–Crippen MR) is 151 cm³/mol. The Kier molecular flexibility index (Phi) is 8.30. The predicted octanol–water partition coefficient (Wildman–Crippen LogP) is 6.47. The third kappa shape index (κ3) is 6.20. The molecule has 1 aromatic heterocycles. The van der Waals surface area contributed by atoms with Gasteiger partial charge in [0.05, 0.1) is 23.7 Å². The monoisotopic (exact) mass is 531 g/mol. The second-order valence-electron chi connectivity index (χ2n) is 10.3. The molecule has 198 valence electrons. The van der Waals surface area contributed by atoms with E-state index < -0.39 is 0 Å². The first-order chi connectivity index (χ1) is 18.5. The van der Waals surface area contributed by atoms with E-state index >= 15 is 0 Å². The minimum Gasteiger partial charge on any atom is -0.484 e. The van der Waals surface area contributed by atoms with Crippen molar-refractivity contribution in [1.82, 2.24) is 15.3 Å². The number of carbonyl (C=O) groups is 1. The Hall–Kier alpha value is -3.35. The van der Waals surface area contributed by atoms with Crippen molar-refractivity contribution in [3.63, 3.8) is 0 Å². The van der Waals surface area contributed by atoms with Crippen molar-refractivity contribution < 1.29 is 14.3 Å². The summed E-state index contributed by atoms with van der Waals surface area (Å²) in [6, 6.07) is 23.9. The molecule has 5 rings (SSSR count). The Morgan fingerprint density at radius 1 is 1.13 bits per heavy atom. The number of aromatic amines is 1. The van der Waals surface area contributed by atoms with E-state index in [0.717, 1.165) is 39.4 Å². The zero-order valence-electron chi connectivity index (χ0n) is 21.8. The van der Waals surface area contributed by atoms with Crippen molar-refractivity contribution in [2.75, 3.05) is 19.8 Å². The molecule has 0 saturated carbocycles. The van der Waals surface area contributed by atoms with Gasteiger partial charge in [0.15, 0.2) is 6.61 Å². The van der Waals surface area contributed by atoms with Crippen LogP contribution in [0.3, 0.4) is 0 Å². The van der Waals surface area contributed by atoms with Crippen LogP contribution in [0.5, 0.6) is 5.75 Å². The first-order valence-corrected chi connectivity index (χ1v) is 13.6. The number of halogens is 1. The average Bonchev–Trinajstić information content (AvgIpc) is 3.35. The van der Waals surface area contributed by atoms with Crippen LogP contribution in [0.15, 0.2) is 72.8 Å². The number of imidazole rings is 1. The van der Waals surface area contributed by atoms with Crippen molar-refractivity contribution in [3.8, 4) is 5.75 Å². The van der Waals surface area contributed by atoms with Gasteiger partial charge in [-0.25, -0.2) is 4.98 Å². The lowest BCUT2D eigenvalue weighted by molar-refractivity contribution is -0.123. The second-order valence-corrected chi connectivity index (χ2v) is 10.7. The van der Waals surface area contributed by atoms with E-state index in [4.69, 9.17) is 21.1 Å². The minimum absolute atomic E-state index is 0.0325. The Morgan fingerprint density at radius 2 is 1.95 bits per heavy atom. The third-order valence-electron chi connectivity index (χ3n) is 7.30. The Labute approximate surface area is 228 Å². The van der Waals surface area contributed by atoms with Gasteiger partial charge < -0.3 is 19.8 Å². The molecule has 1 aliphatic heterocycles. The summed E-state index contributed by atoms with van der Waals surface area (Å²) in [7, 11) is 0. The minimum atomic E-state index is -0.164. The fourth-order valence-corrected chi connectivity index (χ4v) is 5.57. The van der Waals surface area contributed by atoms with Crippen LogP contribution in [0.2, 0.25) is 5.02 Å². The maximum absolute atomic E-state index is 12.4. The topological polar surface area (TPSA) is 76.2 Å². The molecule has 0 aliphatic carbocycles. The van der Waals surface area contributed by atoms with Crippen molar-refractivity contribution in [3.05, 3.63) is 94.8 Å². The molecule has 0 radical (unpaired) electrons. The molecule has 6 nitrogen and oxygen atoms in total. The van der Waals surface area contributed by atoms with Crippen molar-refractivity contribution in [2.45, 2.75) is 38.7 Å². The van der Waals surface area contributed by atoms with Gasteiger partial charge in [-0.05, 0) is 59.7 Å². The van der Waals surface area contributed by atoms with Gasteiger partial charge in [0.1, 0.15) is 11.6 Å². The van der Waals surface area contributed by atoms with Crippen LogP contribution in [0, 0.1) is 11.8 Å². The molecular formula is C31H34ClN3O3. The van der Waals surface area contributed by atoms with E-state index in [0.29, 0.717) is 37.2 Å². The van der Waals surface area contributed by atoms with E-state index in [1.807, 2.05) is 60.7 Å². The molecule has 4 aromatic rings. The van der Waals surface area contributed by atoms with Crippen LogP contribution in [-0.4, -0.2) is 35.6 Å². The van der Waals surface area contributed by atoms with Gasteiger partial charge in [-0.15, -0.1) is 0 Å². The fraction of sp³-hybridized carbons (Fsp3) is 0.355. The summed E-state index contributed by atoms with van der Waals surface area (Å²) < 4.78 is 12.3. The maximum atomic E-state index is 12.4. The summed E-state index contributed by atoms with van der Waals surface area (Å²) in [5, 5.41) is 3.71. The highest BCUT2D eigenvalue weighted by Gasteiger charge is 2.35.